The van der Waals surface area contributed by atoms with Crippen molar-refractivity contribution in [1.29, 1.82) is 0 Å². The van der Waals surface area contributed by atoms with Crippen molar-refractivity contribution in [2.45, 2.75) is 32.2 Å². The number of nitrogens with one attached hydrogen (secondary N) is 1. The van der Waals surface area contributed by atoms with Gasteiger partial charge in [0, 0.05) is 12.6 Å². The van der Waals surface area contributed by atoms with Gasteiger partial charge in [-0.15, -0.1) is 0 Å². The number of hydrogen-bond acceptors (Lipinski definition) is 3. The molecule has 0 saturated carbocycles. The molecule has 0 radical (unpaired) electrons. The Bertz CT molecular complexity index is 341. The molecule has 4 heteroatoms. The molecule has 0 aromatic heterocycles. The molecule has 0 fully saturated rings. The number of ether oxygens (including phenoxy) is 1. The molecule has 0 aliphatic rings. The van der Waals surface area contributed by atoms with Gasteiger partial charge in [-0.25, -0.2) is 0 Å². The van der Waals surface area contributed by atoms with Gasteiger partial charge < -0.3 is 15.8 Å². The second kappa shape index (κ2) is 8.53. The fourth-order valence-corrected chi connectivity index (χ4v) is 1.47. The second-order valence-electron chi connectivity index (χ2n) is 4.22. The average molecular weight is 250 g/mol. The third-order valence-corrected chi connectivity index (χ3v) is 2.70. The average Bonchev–Trinajstić information content (AvgIpc) is 2.39. The van der Waals surface area contributed by atoms with Gasteiger partial charge in [-0.2, -0.15) is 0 Å². The molecule has 100 valence electrons. The van der Waals surface area contributed by atoms with E-state index in [-0.39, 0.29) is 11.9 Å². The summed E-state index contributed by atoms with van der Waals surface area (Å²) in [5.41, 5.74) is 5.76. The first-order chi connectivity index (χ1) is 8.72. The van der Waals surface area contributed by atoms with Crippen molar-refractivity contribution < 1.29 is 9.53 Å². The highest BCUT2D eigenvalue weighted by molar-refractivity contribution is 5.75. The molecule has 0 aliphatic heterocycles. The lowest BCUT2D eigenvalue weighted by atomic mass is 10.2. The summed E-state index contributed by atoms with van der Waals surface area (Å²) in [5, 5.41) is 2.84. The Morgan fingerprint density at radius 3 is 2.78 bits per heavy atom. The van der Waals surface area contributed by atoms with Crippen molar-refractivity contribution in [2.24, 2.45) is 5.73 Å². The van der Waals surface area contributed by atoms with Crippen LogP contribution in [0.3, 0.4) is 0 Å². The molecule has 1 rings (SSSR count). The zero-order valence-electron chi connectivity index (χ0n) is 10.9. The molecule has 18 heavy (non-hydrogen) atoms. The van der Waals surface area contributed by atoms with Crippen LogP contribution in [0.2, 0.25) is 0 Å². The van der Waals surface area contributed by atoms with Crippen LogP contribution in [-0.2, 0) is 4.79 Å². The quantitative estimate of drug-likeness (QED) is 0.738. The standard InChI is InChI=1S/C14H22N2O2/c1-2-12(15)8-10-16-14(17)9-11-18-13-6-4-3-5-7-13/h3-7,12H,2,8-11,15H2,1H3,(H,16,17). The third-order valence-electron chi connectivity index (χ3n) is 2.70. The van der Waals surface area contributed by atoms with E-state index < -0.39 is 0 Å². The fourth-order valence-electron chi connectivity index (χ4n) is 1.47. The molecule has 0 spiro atoms. The second-order valence-corrected chi connectivity index (χ2v) is 4.22. The maximum Gasteiger partial charge on any atom is 0.223 e. The number of rotatable bonds is 8. The van der Waals surface area contributed by atoms with Crippen molar-refractivity contribution in [3.05, 3.63) is 30.3 Å². The molecule has 0 aliphatic carbocycles. The SMILES string of the molecule is CCC(N)CCNC(=O)CCOc1ccccc1. The van der Waals surface area contributed by atoms with Gasteiger partial charge in [-0.1, -0.05) is 25.1 Å². The van der Waals surface area contributed by atoms with E-state index in [1.165, 1.54) is 0 Å². The van der Waals surface area contributed by atoms with E-state index in [1.807, 2.05) is 37.3 Å². The summed E-state index contributed by atoms with van der Waals surface area (Å²) in [6.07, 6.45) is 2.13. The molecule has 0 bridgehead atoms. The van der Waals surface area contributed by atoms with Crippen LogP contribution in [-0.4, -0.2) is 25.1 Å². The number of carbonyl (C=O) groups excluding carboxylic acids is 1. The molecule has 1 aromatic rings. The van der Waals surface area contributed by atoms with Crippen molar-refractivity contribution >= 4 is 5.91 Å². The van der Waals surface area contributed by atoms with Gasteiger partial charge in [0.15, 0.2) is 0 Å². The summed E-state index contributed by atoms with van der Waals surface area (Å²) in [7, 11) is 0. The van der Waals surface area contributed by atoms with Gasteiger partial charge in [0.2, 0.25) is 5.91 Å². The van der Waals surface area contributed by atoms with Crippen molar-refractivity contribution in [1.82, 2.24) is 5.32 Å². The maximum absolute atomic E-state index is 11.5. The number of para-hydroxylation sites is 1. The Morgan fingerprint density at radius 2 is 2.11 bits per heavy atom. The summed E-state index contributed by atoms with van der Waals surface area (Å²) < 4.78 is 5.44. The first-order valence-electron chi connectivity index (χ1n) is 6.42. The molecule has 3 N–H and O–H groups in total. The van der Waals surface area contributed by atoms with Crippen LogP contribution in [0.15, 0.2) is 30.3 Å². The van der Waals surface area contributed by atoms with Crippen LogP contribution in [0.5, 0.6) is 5.75 Å². The van der Waals surface area contributed by atoms with Crippen LogP contribution in [0.25, 0.3) is 0 Å². The first-order valence-corrected chi connectivity index (χ1v) is 6.42. The van der Waals surface area contributed by atoms with E-state index in [2.05, 4.69) is 5.32 Å². The number of nitrogens with two attached hydrogens (primary N) is 1. The topological polar surface area (TPSA) is 64.3 Å². The van der Waals surface area contributed by atoms with Crippen LogP contribution in [0, 0.1) is 0 Å². The van der Waals surface area contributed by atoms with Gasteiger partial charge in [0.25, 0.3) is 0 Å². The molecule has 1 unspecified atom stereocenters. The Balaban J connectivity index is 2.07. The van der Waals surface area contributed by atoms with E-state index in [9.17, 15) is 4.79 Å². The third kappa shape index (κ3) is 6.25. The predicted octanol–water partition coefficient (Wildman–Crippen LogP) is 1.70. The van der Waals surface area contributed by atoms with Crippen LogP contribution < -0.4 is 15.8 Å². The van der Waals surface area contributed by atoms with E-state index >= 15 is 0 Å². The van der Waals surface area contributed by atoms with Gasteiger partial charge in [-0.05, 0) is 25.0 Å². The van der Waals surface area contributed by atoms with Gasteiger partial charge >= 0.3 is 0 Å². The van der Waals surface area contributed by atoms with E-state index in [4.69, 9.17) is 10.5 Å². The summed E-state index contributed by atoms with van der Waals surface area (Å²) in [5.74, 6) is 0.799. The first kappa shape index (κ1) is 14.5. The lowest BCUT2D eigenvalue weighted by Crippen LogP contribution is -2.30. The molecule has 1 aromatic carbocycles. The minimum Gasteiger partial charge on any atom is -0.493 e. The van der Waals surface area contributed by atoms with E-state index in [0.29, 0.717) is 19.6 Å². The Labute approximate surface area is 109 Å². The van der Waals surface area contributed by atoms with E-state index in [1.54, 1.807) is 0 Å². The highest BCUT2D eigenvalue weighted by Crippen LogP contribution is 2.08. The van der Waals surface area contributed by atoms with Gasteiger partial charge in [0.1, 0.15) is 5.75 Å². The van der Waals surface area contributed by atoms with E-state index in [0.717, 1.165) is 18.6 Å². The summed E-state index contributed by atoms with van der Waals surface area (Å²) >= 11 is 0. The number of benzene rings is 1. The molecule has 1 atom stereocenters. The largest absolute Gasteiger partial charge is 0.493 e. The maximum atomic E-state index is 11.5. The van der Waals surface area contributed by atoms with Crippen LogP contribution in [0.4, 0.5) is 0 Å². The molecule has 0 saturated heterocycles. The van der Waals surface area contributed by atoms with Gasteiger partial charge in [0.05, 0.1) is 13.0 Å². The lowest BCUT2D eigenvalue weighted by molar-refractivity contribution is -0.121. The fraction of sp³-hybridized carbons (Fsp3) is 0.500. The molecule has 1 amide bonds. The highest BCUT2D eigenvalue weighted by atomic mass is 16.5. The summed E-state index contributed by atoms with van der Waals surface area (Å²) in [4.78, 5) is 11.5. The minimum atomic E-state index is 0.00855. The molecular formula is C14H22N2O2. The molecule has 0 heterocycles. The zero-order chi connectivity index (χ0) is 13.2. The van der Waals surface area contributed by atoms with Crippen LogP contribution >= 0.6 is 0 Å². The molecule has 4 nitrogen and oxygen atoms in total. The van der Waals surface area contributed by atoms with Crippen LogP contribution in [0.1, 0.15) is 26.2 Å². The molecular weight excluding hydrogens is 228 g/mol. The smallest absolute Gasteiger partial charge is 0.223 e. The van der Waals surface area contributed by atoms with Crippen molar-refractivity contribution in [3.63, 3.8) is 0 Å². The predicted molar refractivity (Wildman–Crippen MR) is 72.4 cm³/mol. The monoisotopic (exact) mass is 250 g/mol. The normalized spacial score (nSPS) is 11.9. The Hall–Kier alpha value is -1.55. The number of amides is 1. The summed E-state index contributed by atoms with van der Waals surface area (Å²) in [6.45, 7) is 3.08. The highest BCUT2D eigenvalue weighted by Gasteiger charge is 2.03. The zero-order valence-corrected chi connectivity index (χ0v) is 10.9. The van der Waals surface area contributed by atoms with Crippen molar-refractivity contribution in [2.75, 3.05) is 13.2 Å². The number of carbonyl (C=O) groups is 1. The minimum absolute atomic E-state index is 0.00855. The van der Waals surface area contributed by atoms with Gasteiger partial charge in [-0.3, -0.25) is 4.79 Å². The Morgan fingerprint density at radius 1 is 1.39 bits per heavy atom. The number of hydrogen-bond donors (Lipinski definition) is 2. The van der Waals surface area contributed by atoms with Crippen molar-refractivity contribution in [3.8, 4) is 5.75 Å². The summed E-state index contributed by atoms with van der Waals surface area (Å²) in [6, 6.07) is 9.65. The lowest BCUT2D eigenvalue weighted by Gasteiger charge is -2.10. The Kier molecular flexibility index (Phi) is 6.87.